The molecule has 6 heteroatoms. The fraction of sp³-hybridized carbons (Fsp3) is 0.143. The van der Waals surface area contributed by atoms with Gasteiger partial charge in [-0.25, -0.2) is 0 Å². The first kappa shape index (κ1) is 14.1. The summed E-state index contributed by atoms with van der Waals surface area (Å²) in [6, 6.07) is 8.48. The van der Waals surface area contributed by atoms with Gasteiger partial charge in [0, 0.05) is 10.9 Å². The summed E-state index contributed by atoms with van der Waals surface area (Å²) in [6.45, 7) is -0.0687. The predicted octanol–water partition coefficient (Wildman–Crippen LogP) is 2.13. The molecule has 0 aliphatic heterocycles. The van der Waals surface area contributed by atoms with Crippen molar-refractivity contribution < 1.29 is 14.3 Å². The first-order valence-corrected chi connectivity index (χ1v) is 6.87. The SMILES string of the molecule is COc1ccc(C(=O)NCC(=O)Nc2ccsc2)cc1. The molecule has 0 atom stereocenters. The van der Waals surface area contributed by atoms with Gasteiger partial charge in [0.25, 0.3) is 5.91 Å². The lowest BCUT2D eigenvalue weighted by Gasteiger charge is -2.06. The molecule has 20 heavy (non-hydrogen) atoms. The molecule has 2 aromatic rings. The van der Waals surface area contributed by atoms with Gasteiger partial charge in [-0.05, 0) is 35.7 Å². The van der Waals surface area contributed by atoms with Crippen LogP contribution in [-0.4, -0.2) is 25.5 Å². The fourth-order valence-electron chi connectivity index (χ4n) is 1.55. The standard InChI is InChI=1S/C14H14N2O3S/c1-19-12-4-2-10(3-5-12)14(18)15-8-13(17)16-11-6-7-20-9-11/h2-7,9H,8H2,1H3,(H,15,18)(H,16,17). The maximum atomic E-state index is 11.8. The first-order chi connectivity index (χ1) is 9.69. The van der Waals surface area contributed by atoms with Crippen molar-refractivity contribution in [3.05, 3.63) is 46.7 Å². The molecule has 2 amide bonds. The van der Waals surface area contributed by atoms with E-state index < -0.39 is 0 Å². The zero-order chi connectivity index (χ0) is 14.4. The lowest BCUT2D eigenvalue weighted by molar-refractivity contribution is -0.115. The van der Waals surface area contributed by atoms with Crippen LogP contribution in [0.4, 0.5) is 5.69 Å². The number of carbonyl (C=O) groups is 2. The van der Waals surface area contributed by atoms with Crippen LogP contribution in [0.2, 0.25) is 0 Å². The third-order valence-electron chi connectivity index (χ3n) is 2.57. The zero-order valence-electron chi connectivity index (χ0n) is 10.9. The molecule has 0 aliphatic rings. The van der Waals surface area contributed by atoms with Gasteiger partial charge in [0.15, 0.2) is 0 Å². The predicted molar refractivity (Wildman–Crippen MR) is 78.3 cm³/mol. The van der Waals surface area contributed by atoms with E-state index in [0.29, 0.717) is 11.3 Å². The van der Waals surface area contributed by atoms with Gasteiger partial charge in [-0.3, -0.25) is 9.59 Å². The average Bonchev–Trinajstić information content (AvgIpc) is 2.97. The summed E-state index contributed by atoms with van der Waals surface area (Å²) in [4.78, 5) is 23.4. The van der Waals surface area contributed by atoms with Crippen LogP contribution in [-0.2, 0) is 4.79 Å². The number of benzene rings is 1. The van der Waals surface area contributed by atoms with Gasteiger partial charge in [0.1, 0.15) is 5.75 Å². The number of nitrogens with one attached hydrogen (secondary N) is 2. The maximum Gasteiger partial charge on any atom is 0.251 e. The Morgan fingerprint density at radius 1 is 1.20 bits per heavy atom. The largest absolute Gasteiger partial charge is 0.497 e. The third-order valence-corrected chi connectivity index (χ3v) is 3.25. The second-order valence-electron chi connectivity index (χ2n) is 3.97. The van der Waals surface area contributed by atoms with Gasteiger partial charge in [0.2, 0.25) is 5.91 Å². The molecule has 104 valence electrons. The molecule has 0 spiro atoms. The number of hydrogen-bond acceptors (Lipinski definition) is 4. The number of amides is 2. The van der Waals surface area contributed by atoms with Crippen molar-refractivity contribution in [2.75, 3.05) is 19.0 Å². The molecule has 1 aromatic heterocycles. The molecule has 0 saturated carbocycles. The molecule has 0 fully saturated rings. The van der Waals surface area contributed by atoms with E-state index in [1.54, 1.807) is 37.4 Å². The molecule has 2 rings (SSSR count). The highest BCUT2D eigenvalue weighted by Crippen LogP contribution is 2.12. The van der Waals surface area contributed by atoms with Crippen LogP contribution >= 0.6 is 11.3 Å². The molecular weight excluding hydrogens is 276 g/mol. The summed E-state index contributed by atoms with van der Waals surface area (Å²) in [7, 11) is 1.56. The van der Waals surface area contributed by atoms with E-state index in [1.807, 2.05) is 10.8 Å². The number of ether oxygens (including phenoxy) is 1. The molecule has 0 unspecified atom stereocenters. The lowest BCUT2D eigenvalue weighted by Crippen LogP contribution is -2.32. The minimum atomic E-state index is -0.298. The van der Waals surface area contributed by atoms with Gasteiger partial charge < -0.3 is 15.4 Å². The van der Waals surface area contributed by atoms with Crippen LogP contribution < -0.4 is 15.4 Å². The number of thiophene rings is 1. The molecular formula is C14H14N2O3S. The first-order valence-electron chi connectivity index (χ1n) is 5.93. The number of carbonyl (C=O) groups excluding carboxylic acids is 2. The van der Waals surface area contributed by atoms with Crippen molar-refractivity contribution in [2.45, 2.75) is 0 Å². The minimum absolute atomic E-state index is 0.0687. The second kappa shape index (κ2) is 6.72. The summed E-state index contributed by atoms with van der Waals surface area (Å²) in [6.07, 6.45) is 0. The number of hydrogen-bond donors (Lipinski definition) is 2. The lowest BCUT2D eigenvalue weighted by atomic mass is 10.2. The Bertz CT molecular complexity index is 579. The van der Waals surface area contributed by atoms with Crippen molar-refractivity contribution in [1.82, 2.24) is 5.32 Å². The highest BCUT2D eigenvalue weighted by molar-refractivity contribution is 7.08. The monoisotopic (exact) mass is 290 g/mol. The van der Waals surface area contributed by atoms with Gasteiger partial charge in [-0.1, -0.05) is 0 Å². The topological polar surface area (TPSA) is 67.4 Å². The molecule has 5 nitrogen and oxygen atoms in total. The fourth-order valence-corrected chi connectivity index (χ4v) is 2.13. The van der Waals surface area contributed by atoms with Crippen LogP contribution in [0, 0.1) is 0 Å². The molecule has 0 bridgehead atoms. The molecule has 0 saturated heterocycles. The smallest absolute Gasteiger partial charge is 0.251 e. The quantitative estimate of drug-likeness (QED) is 0.886. The highest BCUT2D eigenvalue weighted by atomic mass is 32.1. The van der Waals surface area contributed by atoms with Crippen molar-refractivity contribution in [3.8, 4) is 5.75 Å². The second-order valence-corrected chi connectivity index (χ2v) is 4.75. The summed E-state index contributed by atoms with van der Waals surface area (Å²) in [5, 5.41) is 8.93. The van der Waals surface area contributed by atoms with Crippen molar-refractivity contribution in [2.24, 2.45) is 0 Å². The molecule has 0 aliphatic carbocycles. The van der Waals surface area contributed by atoms with Gasteiger partial charge in [0.05, 0.1) is 19.3 Å². The number of anilines is 1. The third kappa shape index (κ3) is 3.83. The van der Waals surface area contributed by atoms with Crippen LogP contribution in [0.15, 0.2) is 41.1 Å². The summed E-state index contributed by atoms with van der Waals surface area (Å²) < 4.78 is 5.01. The summed E-state index contributed by atoms with van der Waals surface area (Å²) in [5.74, 6) is 0.120. The molecule has 2 N–H and O–H groups in total. The average molecular weight is 290 g/mol. The number of methoxy groups -OCH3 is 1. The Morgan fingerprint density at radius 2 is 1.95 bits per heavy atom. The van der Waals surface area contributed by atoms with Crippen molar-refractivity contribution >= 4 is 28.8 Å². The van der Waals surface area contributed by atoms with E-state index >= 15 is 0 Å². The number of rotatable bonds is 5. The van der Waals surface area contributed by atoms with Crippen LogP contribution in [0.3, 0.4) is 0 Å². The Hall–Kier alpha value is -2.34. The maximum absolute atomic E-state index is 11.8. The van der Waals surface area contributed by atoms with E-state index in [2.05, 4.69) is 10.6 Å². The highest BCUT2D eigenvalue weighted by Gasteiger charge is 2.08. The van der Waals surface area contributed by atoms with Gasteiger partial charge in [-0.15, -0.1) is 0 Å². The van der Waals surface area contributed by atoms with Crippen LogP contribution in [0.25, 0.3) is 0 Å². The zero-order valence-corrected chi connectivity index (χ0v) is 11.7. The van der Waals surface area contributed by atoms with E-state index in [-0.39, 0.29) is 18.4 Å². The molecule has 0 radical (unpaired) electrons. The van der Waals surface area contributed by atoms with E-state index in [1.165, 1.54) is 11.3 Å². The Kier molecular flexibility index (Phi) is 4.73. The minimum Gasteiger partial charge on any atom is -0.497 e. The van der Waals surface area contributed by atoms with Crippen LogP contribution in [0.5, 0.6) is 5.75 Å². The summed E-state index contributed by atoms with van der Waals surface area (Å²) >= 11 is 1.49. The van der Waals surface area contributed by atoms with E-state index in [4.69, 9.17) is 4.74 Å². The Balaban J connectivity index is 1.83. The van der Waals surface area contributed by atoms with E-state index in [0.717, 1.165) is 5.69 Å². The van der Waals surface area contributed by atoms with Gasteiger partial charge in [-0.2, -0.15) is 11.3 Å². The van der Waals surface area contributed by atoms with Gasteiger partial charge >= 0.3 is 0 Å². The Labute approximate surface area is 120 Å². The molecule has 1 aromatic carbocycles. The van der Waals surface area contributed by atoms with Crippen molar-refractivity contribution in [1.29, 1.82) is 0 Å². The Morgan fingerprint density at radius 3 is 2.55 bits per heavy atom. The normalized spacial score (nSPS) is 9.85. The van der Waals surface area contributed by atoms with Crippen LogP contribution in [0.1, 0.15) is 10.4 Å². The van der Waals surface area contributed by atoms with Crippen molar-refractivity contribution in [3.63, 3.8) is 0 Å². The molecule has 1 heterocycles. The van der Waals surface area contributed by atoms with E-state index in [9.17, 15) is 9.59 Å². The summed E-state index contributed by atoms with van der Waals surface area (Å²) in [5.41, 5.74) is 1.22.